The summed E-state index contributed by atoms with van der Waals surface area (Å²) in [6, 6.07) is 65.0. The Balaban J connectivity index is 1.03. The van der Waals surface area contributed by atoms with Gasteiger partial charge >= 0.3 is 0 Å². The normalized spacial score (nSPS) is 14.5. The number of para-hydroxylation sites is 1. The Labute approximate surface area is 338 Å². The van der Waals surface area contributed by atoms with Crippen molar-refractivity contribution in [1.29, 1.82) is 0 Å². The van der Waals surface area contributed by atoms with Crippen molar-refractivity contribution >= 4 is 60.5 Å². The molecule has 0 N–H and O–H groups in total. The maximum absolute atomic E-state index is 6.39. The molecule has 2 aliphatic rings. The molecule has 12 rings (SSSR count). The van der Waals surface area contributed by atoms with Crippen LogP contribution in [0.25, 0.3) is 76.9 Å². The summed E-state index contributed by atoms with van der Waals surface area (Å²) in [7, 11) is 0. The van der Waals surface area contributed by atoms with E-state index in [0.29, 0.717) is 0 Å². The van der Waals surface area contributed by atoms with Crippen molar-refractivity contribution in [2.45, 2.75) is 38.5 Å². The second kappa shape index (κ2) is 11.8. The lowest BCUT2D eigenvalue weighted by molar-refractivity contribution is 0.658. The predicted octanol–water partition coefficient (Wildman–Crippen LogP) is 15.6. The lowest BCUT2D eigenvalue weighted by atomic mass is 9.78. The van der Waals surface area contributed by atoms with Gasteiger partial charge in [-0.05, 0) is 132 Å². The van der Waals surface area contributed by atoms with Gasteiger partial charge in [0.05, 0.1) is 0 Å². The van der Waals surface area contributed by atoms with E-state index < -0.39 is 0 Å². The second-order valence-corrected chi connectivity index (χ2v) is 17.3. The van der Waals surface area contributed by atoms with Crippen molar-refractivity contribution < 1.29 is 4.42 Å². The van der Waals surface area contributed by atoms with Crippen LogP contribution in [0.15, 0.2) is 180 Å². The van der Waals surface area contributed by atoms with Crippen molar-refractivity contribution in [2.75, 3.05) is 4.90 Å². The fourth-order valence-corrected chi connectivity index (χ4v) is 10.6. The molecule has 2 heteroatoms. The van der Waals surface area contributed by atoms with Crippen LogP contribution >= 0.6 is 0 Å². The average molecular weight is 744 g/mol. The number of furan rings is 1. The SMILES string of the molecule is CC1(C)c2cc(N(c3cccc(-c4ccccc4)c3)c3ccc4c5c(ccc4c3)-c3ccc4ccccc4c3C5(C)C)ccc2-c2cc3oc4ccccc4c3cc21. The van der Waals surface area contributed by atoms with Crippen LogP contribution in [0, 0.1) is 0 Å². The summed E-state index contributed by atoms with van der Waals surface area (Å²) in [5.41, 5.74) is 18.0. The van der Waals surface area contributed by atoms with Gasteiger partial charge in [-0.2, -0.15) is 0 Å². The number of fused-ring (bicyclic) bond motifs is 13. The zero-order chi connectivity index (χ0) is 38.9. The van der Waals surface area contributed by atoms with Gasteiger partial charge in [-0.1, -0.05) is 149 Å². The molecule has 1 aromatic heterocycles. The van der Waals surface area contributed by atoms with Gasteiger partial charge in [0.25, 0.3) is 0 Å². The first-order valence-electron chi connectivity index (χ1n) is 20.4. The first kappa shape index (κ1) is 33.3. The summed E-state index contributed by atoms with van der Waals surface area (Å²) in [5.74, 6) is 0. The Morgan fingerprint density at radius 3 is 1.81 bits per heavy atom. The predicted molar refractivity (Wildman–Crippen MR) is 244 cm³/mol. The number of benzene rings is 9. The summed E-state index contributed by atoms with van der Waals surface area (Å²) in [4.78, 5) is 2.45. The van der Waals surface area contributed by atoms with E-state index >= 15 is 0 Å². The van der Waals surface area contributed by atoms with Gasteiger partial charge in [-0.15, -0.1) is 0 Å². The monoisotopic (exact) mass is 743 g/mol. The Morgan fingerprint density at radius 1 is 0.362 bits per heavy atom. The summed E-state index contributed by atoms with van der Waals surface area (Å²) in [6.45, 7) is 9.55. The first-order valence-corrected chi connectivity index (χ1v) is 20.4. The molecule has 1 heterocycles. The van der Waals surface area contributed by atoms with Crippen LogP contribution < -0.4 is 4.90 Å². The molecule has 0 atom stereocenters. The van der Waals surface area contributed by atoms with Crippen molar-refractivity contribution in [3.63, 3.8) is 0 Å². The zero-order valence-corrected chi connectivity index (χ0v) is 33.1. The minimum Gasteiger partial charge on any atom is -0.456 e. The Morgan fingerprint density at radius 2 is 0.983 bits per heavy atom. The number of nitrogens with zero attached hydrogens (tertiary/aromatic N) is 1. The maximum Gasteiger partial charge on any atom is 0.136 e. The fourth-order valence-electron chi connectivity index (χ4n) is 10.6. The van der Waals surface area contributed by atoms with Gasteiger partial charge < -0.3 is 9.32 Å². The maximum atomic E-state index is 6.39. The van der Waals surface area contributed by atoms with Crippen LogP contribution in [-0.2, 0) is 10.8 Å². The standard InChI is InChI=1S/C56H41NO/c1-55(2)49-31-40(24-28-43(49)47-33-52-48(32-50(47)55)44-19-10-11-20-51(44)58-52)57(38-17-12-16-36(29-38)34-13-6-5-7-14-34)39-23-27-42-37(30-39)22-26-46-45-25-21-35-15-8-9-18-41(35)53(45)56(3,4)54(42)46/h5-33H,1-4H3. The van der Waals surface area contributed by atoms with Crippen LogP contribution in [0.3, 0.4) is 0 Å². The zero-order valence-electron chi connectivity index (χ0n) is 33.1. The Bertz CT molecular complexity index is 3350. The topological polar surface area (TPSA) is 16.4 Å². The molecular weight excluding hydrogens is 703 g/mol. The molecule has 0 bridgehead atoms. The smallest absolute Gasteiger partial charge is 0.136 e. The highest BCUT2D eigenvalue weighted by molar-refractivity contribution is 6.08. The molecule has 0 saturated carbocycles. The van der Waals surface area contributed by atoms with Gasteiger partial charge in [0.1, 0.15) is 11.2 Å². The highest BCUT2D eigenvalue weighted by atomic mass is 16.3. The lowest BCUT2D eigenvalue weighted by Gasteiger charge is -2.29. The number of hydrogen-bond donors (Lipinski definition) is 0. The average Bonchev–Trinajstić information content (AvgIpc) is 3.82. The molecule has 10 aromatic rings. The third kappa shape index (κ3) is 4.60. The van der Waals surface area contributed by atoms with Crippen LogP contribution in [-0.4, -0.2) is 0 Å². The molecule has 2 aliphatic carbocycles. The van der Waals surface area contributed by atoms with Crippen LogP contribution in [0.1, 0.15) is 49.9 Å². The molecule has 276 valence electrons. The Kier molecular flexibility index (Phi) is 6.78. The number of rotatable bonds is 4. The fraction of sp³-hybridized carbons (Fsp3) is 0.107. The molecule has 0 unspecified atom stereocenters. The minimum absolute atomic E-state index is 0.149. The second-order valence-electron chi connectivity index (χ2n) is 17.3. The van der Waals surface area contributed by atoms with Gasteiger partial charge in [0.2, 0.25) is 0 Å². The van der Waals surface area contributed by atoms with E-state index in [2.05, 4.69) is 202 Å². The summed E-state index contributed by atoms with van der Waals surface area (Å²) >= 11 is 0. The molecule has 0 spiro atoms. The quantitative estimate of drug-likeness (QED) is 0.178. The van der Waals surface area contributed by atoms with Crippen molar-refractivity contribution in [2.24, 2.45) is 0 Å². The molecule has 9 aromatic carbocycles. The van der Waals surface area contributed by atoms with E-state index in [-0.39, 0.29) is 10.8 Å². The third-order valence-electron chi connectivity index (χ3n) is 13.4. The molecular formula is C56H41NO. The lowest BCUT2D eigenvalue weighted by Crippen LogP contribution is -2.17. The third-order valence-corrected chi connectivity index (χ3v) is 13.4. The Hall–Kier alpha value is -6.90. The van der Waals surface area contributed by atoms with Crippen molar-refractivity contribution in [1.82, 2.24) is 0 Å². The summed E-state index contributed by atoms with van der Waals surface area (Å²) < 4.78 is 6.39. The molecule has 2 nitrogen and oxygen atoms in total. The van der Waals surface area contributed by atoms with Gasteiger partial charge in [-0.3, -0.25) is 0 Å². The molecule has 0 amide bonds. The van der Waals surface area contributed by atoms with Gasteiger partial charge in [0, 0.05) is 38.7 Å². The number of anilines is 3. The molecule has 0 saturated heterocycles. The van der Waals surface area contributed by atoms with E-state index in [4.69, 9.17) is 4.42 Å². The summed E-state index contributed by atoms with van der Waals surface area (Å²) in [5, 5.41) is 7.54. The largest absolute Gasteiger partial charge is 0.456 e. The van der Waals surface area contributed by atoms with Crippen LogP contribution in [0.5, 0.6) is 0 Å². The molecule has 0 radical (unpaired) electrons. The van der Waals surface area contributed by atoms with E-state index in [1.165, 1.54) is 88.0 Å². The van der Waals surface area contributed by atoms with Gasteiger partial charge in [0.15, 0.2) is 0 Å². The van der Waals surface area contributed by atoms with Crippen molar-refractivity contribution in [3.05, 3.63) is 198 Å². The minimum atomic E-state index is -0.209. The van der Waals surface area contributed by atoms with E-state index in [1.807, 2.05) is 6.07 Å². The molecule has 0 aliphatic heterocycles. The highest BCUT2D eigenvalue weighted by Crippen LogP contribution is 2.55. The highest BCUT2D eigenvalue weighted by Gasteiger charge is 2.39. The van der Waals surface area contributed by atoms with Crippen molar-refractivity contribution in [3.8, 4) is 33.4 Å². The summed E-state index contributed by atoms with van der Waals surface area (Å²) in [6.07, 6.45) is 0. The molecule has 58 heavy (non-hydrogen) atoms. The van der Waals surface area contributed by atoms with Crippen LogP contribution in [0.2, 0.25) is 0 Å². The van der Waals surface area contributed by atoms with E-state index in [9.17, 15) is 0 Å². The van der Waals surface area contributed by atoms with Gasteiger partial charge in [-0.25, -0.2) is 0 Å². The first-order chi connectivity index (χ1) is 28.3. The van der Waals surface area contributed by atoms with Crippen LogP contribution in [0.4, 0.5) is 17.1 Å². The number of hydrogen-bond acceptors (Lipinski definition) is 2. The van der Waals surface area contributed by atoms with E-state index in [1.54, 1.807) is 0 Å². The van der Waals surface area contributed by atoms with E-state index in [0.717, 1.165) is 28.2 Å². The molecule has 0 fully saturated rings.